The van der Waals surface area contributed by atoms with Gasteiger partial charge in [0.2, 0.25) is 0 Å². The van der Waals surface area contributed by atoms with Crippen LogP contribution < -0.4 is 0 Å². The van der Waals surface area contributed by atoms with Crippen LogP contribution in [-0.4, -0.2) is 15.8 Å². The fourth-order valence-electron chi connectivity index (χ4n) is 0.897. The molecule has 1 rings (SSSR count). The first-order valence-corrected chi connectivity index (χ1v) is 4.25. The second-order valence-corrected chi connectivity index (χ2v) is 4.10. The summed E-state index contributed by atoms with van der Waals surface area (Å²) in [6.07, 6.45) is 3.20. The summed E-state index contributed by atoms with van der Waals surface area (Å²) in [5.74, 6) is -0.0430. The fourth-order valence-corrected chi connectivity index (χ4v) is 0.897. The molecule has 1 aromatic rings. The van der Waals surface area contributed by atoms with Crippen LogP contribution in [0.3, 0.4) is 0 Å². The highest BCUT2D eigenvalue weighted by atomic mass is 16.1. The molecule has 70 valence electrons. The number of hydrogen-bond donors (Lipinski definition) is 0. The van der Waals surface area contributed by atoms with E-state index in [1.54, 1.807) is 6.20 Å². The van der Waals surface area contributed by atoms with Crippen LogP contribution in [0.15, 0.2) is 12.4 Å². The number of rotatable bonds is 1. The lowest BCUT2D eigenvalue weighted by molar-refractivity contribution is 0.101. The normalized spacial score (nSPS) is 11.4. The molecular formula is C10H14N2O. The van der Waals surface area contributed by atoms with E-state index < -0.39 is 0 Å². The minimum atomic E-state index is -0.0571. The van der Waals surface area contributed by atoms with E-state index in [1.165, 1.54) is 13.1 Å². The minimum Gasteiger partial charge on any atom is -0.293 e. The summed E-state index contributed by atoms with van der Waals surface area (Å²) >= 11 is 0. The molecule has 0 saturated carbocycles. The number of Topliss-reactive ketones (excluding diaryl/α,β-unsaturated/α-hetero) is 1. The van der Waals surface area contributed by atoms with E-state index in [0.29, 0.717) is 5.69 Å². The molecule has 0 radical (unpaired) electrons. The van der Waals surface area contributed by atoms with E-state index in [4.69, 9.17) is 0 Å². The van der Waals surface area contributed by atoms with Crippen molar-refractivity contribution in [1.82, 2.24) is 9.97 Å². The lowest BCUT2D eigenvalue weighted by Crippen LogP contribution is -2.15. The molecule has 0 fully saturated rings. The summed E-state index contributed by atoms with van der Waals surface area (Å²) in [7, 11) is 0. The van der Waals surface area contributed by atoms with Gasteiger partial charge >= 0.3 is 0 Å². The smallest absolute Gasteiger partial charge is 0.179 e. The molecule has 1 aromatic heterocycles. The van der Waals surface area contributed by atoms with Gasteiger partial charge in [-0.1, -0.05) is 20.8 Å². The molecule has 0 unspecified atom stereocenters. The molecule has 0 aliphatic rings. The largest absolute Gasteiger partial charge is 0.293 e. The molecule has 0 bridgehead atoms. The van der Waals surface area contributed by atoms with Crippen LogP contribution >= 0.6 is 0 Å². The standard InChI is InChI=1S/C10H14N2O/c1-7(13)8-5-11-6-9(12-8)10(2,3)4/h5-6H,1-4H3. The summed E-state index contributed by atoms with van der Waals surface area (Å²) in [6.45, 7) is 7.62. The van der Waals surface area contributed by atoms with Gasteiger partial charge < -0.3 is 0 Å². The Kier molecular flexibility index (Phi) is 2.45. The number of carbonyl (C=O) groups excluding carboxylic acids is 1. The van der Waals surface area contributed by atoms with E-state index in [-0.39, 0.29) is 11.2 Å². The maximum atomic E-state index is 11.0. The van der Waals surface area contributed by atoms with Crippen molar-refractivity contribution in [3.63, 3.8) is 0 Å². The van der Waals surface area contributed by atoms with Gasteiger partial charge in [0.05, 0.1) is 11.9 Å². The van der Waals surface area contributed by atoms with Gasteiger partial charge in [-0.25, -0.2) is 4.98 Å². The van der Waals surface area contributed by atoms with Gasteiger partial charge in [-0.15, -0.1) is 0 Å². The highest BCUT2D eigenvalue weighted by Gasteiger charge is 2.16. The summed E-state index contributed by atoms with van der Waals surface area (Å²) in [4.78, 5) is 19.2. The highest BCUT2D eigenvalue weighted by molar-refractivity contribution is 5.91. The second kappa shape index (κ2) is 3.24. The van der Waals surface area contributed by atoms with Gasteiger partial charge in [0.15, 0.2) is 5.78 Å². The third kappa shape index (κ3) is 2.34. The summed E-state index contributed by atoms with van der Waals surface area (Å²) in [6, 6.07) is 0. The van der Waals surface area contributed by atoms with Gasteiger partial charge in [-0.05, 0) is 0 Å². The van der Waals surface area contributed by atoms with Gasteiger partial charge in [-0.3, -0.25) is 9.78 Å². The predicted molar refractivity (Wildman–Crippen MR) is 50.7 cm³/mol. The Morgan fingerprint density at radius 3 is 2.38 bits per heavy atom. The Morgan fingerprint density at radius 1 is 1.31 bits per heavy atom. The van der Waals surface area contributed by atoms with Crippen molar-refractivity contribution >= 4 is 5.78 Å². The molecule has 0 aromatic carbocycles. The van der Waals surface area contributed by atoms with Crippen LogP contribution in [0.25, 0.3) is 0 Å². The zero-order chi connectivity index (χ0) is 10.1. The average Bonchev–Trinajstić information content (AvgIpc) is 2.03. The zero-order valence-corrected chi connectivity index (χ0v) is 8.46. The summed E-state index contributed by atoms with van der Waals surface area (Å²) in [5, 5.41) is 0. The number of aromatic nitrogens is 2. The lowest BCUT2D eigenvalue weighted by Gasteiger charge is -2.16. The van der Waals surface area contributed by atoms with Crippen molar-refractivity contribution in [3.05, 3.63) is 23.8 Å². The predicted octanol–water partition coefficient (Wildman–Crippen LogP) is 1.98. The average molecular weight is 178 g/mol. The first-order chi connectivity index (χ1) is 5.91. The Balaban J connectivity index is 3.13. The van der Waals surface area contributed by atoms with E-state index >= 15 is 0 Å². The number of nitrogens with zero attached hydrogens (tertiary/aromatic N) is 2. The van der Waals surface area contributed by atoms with Crippen molar-refractivity contribution < 1.29 is 4.79 Å². The van der Waals surface area contributed by atoms with Gasteiger partial charge in [-0.2, -0.15) is 0 Å². The first kappa shape index (κ1) is 9.84. The monoisotopic (exact) mass is 178 g/mol. The topological polar surface area (TPSA) is 42.9 Å². The summed E-state index contributed by atoms with van der Waals surface area (Å²) in [5.41, 5.74) is 1.23. The Bertz CT molecular complexity index is 326. The third-order valence-electron chi connectivity index (χ3n) is 1.76. The van der Waals surface area contributed by atoms with Gasteiger partial charge in [0, 0.05) is 18.5 Å². The van der Waals surface area contributed by atoms with E-state index in [2.05, 4.69) is 9.97 Å². The molecule has 0 N–H and O–H groups in total. The Morgan fingerprint density at radius 2 is 1.92 bits per heavy atom. The molecule has 13 heavy (non-hydrogen) atoms. The SMILES string of the molecule is CC(=O)c1cncc(C(C)(C)C)n1. The second-order valence-electron chi connectivity index (χ2n) is 4.10. The molecule has 0 aliphatic carbocycles. The van der Waals surface area contributed by atoms with E-state index in [0.717, 1.165) is 5.69 Å². The molecule has 3 nitrogen and oxygen atoms in total. The maximum absolute atomic E-state index is 11.0. The molecule has 3 heteroatoms. The van der Waals surface area contributed by atoms with E-state index in [9.17, 15) is 4.79 Å². The molecular weight excluding hydrogens is 164 g/mol. The minimum absolute atomic E-state index is 0.0430. The van der Waals surface area contributed by atoms with Crippen LogP contribution in [-0.2, 0) is 5.41 Å². The lowest BCUT2D eigenvalue weighted by atomic mass is 9.92. The van der Waals surface area contributed by atoms with Crippen molar-refractivity contribution in [3.8, 4) is 0 Å². The highest BCUT2D eigenvalue weighted by Crippen LogP contribution is 2.18. The molecule has 0 aliphatic heterocycles. The van der Waals surface area contributed by atoms with Crippen LogP contribution in [0.4, 0.5) is 0 Å². The maximum Gasteiger partial charge on any atom is 0.179 e. The molecule has 0 atom stereocenters. The summed E-state index contributed by atoms with van der Waals surface area (Å²) < 4.78 is 0. The van der Waals surface area contributed by atoms with E-state index in [1.807, 2.05) is 20.8 Å². The molecule has 0 amide bonds. The van der Waals surface area contributed by atoms with Crippen LogP contribution in [0.2, 0.25) is 0 Å². The quantitative estimate of drug-likeness (QED) is 0.617. The molecule has 0 spiro atoms. The Labute approximate surface area is 78.2 Å². The third-order valence-corrected chi connectivity index (χ3v) is 1.76. The van der Waals surface area contributed by atoms with Gasteiger partial charge in [0.1, 0.15) is 5.69 Å². The number of ketones is 1. The molecule has 0 saturated heterocycles. The van der Waals surface area contributed by atoms with Crippen LogP contribution in [0.1, 0.15) is 43.9 Å². The number of hydrogen-bond acceptors (Lipinski definition) is 3. The van der Waals surface area contributed by atoms with Crippen LogP contribution in [0, 0.1) is 0 Å². The van der Waals surface area contributed by atoms with Crippen molar-refractivity contribution in [2.75, 3.05) is 0 Å². The van der Waals surface area contributed by atoms with Crippen molar-refractivity contribution in [1.29, 1.82) is 0 Å². The van der Waals surface area contributed by atoms with Crippen molar-refractivity contribution in [2.24, 2.45) is 0 Å². The first-order valence-electron chi connectivity index (χ1n) is 4.25. The zero-order valence-electron chi connectivity index (χ0n) is 8.46. The Hall–Kier alpha value is -1.25. The number of carbonyl (C=O) groups is 1. The van der Waals surface area contributed by atoms with Gasteiger partial charge in [0.25, 0.3) is 0 Å². The van der Waals surface area contributed by atoms with Crippen molar-refractivity contribution in [2.45, 2.75) is 33.1 Å². The fraction of sp³-hybridized carbons (Fsp3) is 0.500. The molecule has 1 heterocycles. The van der Waals surface area contributed by atoms with Crippen LogP contribution in [0.5, 0.6) is 0 Å².